The fraction of sp³-hybridized carbons (Fsp3) is 0.565. The quantitative estimate of drug-likeness (QED) is 0.752. The molecule has 160 valence electrons. The van der Waals surface area contributed by atoms with E-state index >= 15 is 0 Å². The molecule has 1 aromatic carbocycles. The Hall–Kier alpha value is -1.99. The van der Waals surface area contributed by atoms with Crippen LogP contribution in [0.15, 0.2) is 30.5 Å². The van der Waals surface area contributed by atoms with E-state index in [0.29, 0.717) is 12.5 Å². The number of sulfone groups is 1. The molecule has 1 aromatic heterocycles. The predicted molar refractivity (Wildman–Crippen MR) is 118 cm³/mol. The third kappa shape index (κ3) is 3.62. The van der Waals surface area contributed by atoms with E-state index in [1.54, 1.807) is 6.20 Å². The Morgan fingerprint density at radius 2 is 2.00 bits per heavy atom. The summed E-state index contributed by atoms with van der Waals surface area (Å²) in [5.74, 6) is 1.42. The summed E-state index contributed by atoms with van der Waals surface area (Å²) in [4.78, 5) is 14.1. The zero-order chi connectivity index (χ0) is 20.9. The van der Waals surface area contributed by atoms with Gasteiger partial charge >= 0.3 is 0 Å². The Balaban J connectivity index is 1.44. The summed E-state index contributed by atoms with van der Waals surface area (Å²) in [6, 6.07) is 8.35. The number of aromatic nitrogens is 2. The standard InChI is InChI=1S/C23H30N4O2S/c1-16-6-5-9-27(11-16)23-24-10-19-15-30(28,29)21-14-26(13-20(21)22(19)25-23)12-18-8-4-3-7-17(18)2/h3-4,7-8,10,16,20-21H,5-6,9,11-15H2,1-2H3/t16?,20-,21-/m0/s1. The summed E-state index contributed by atoms with van der Waals surface area (Å²) in [5, 5.41) is -0.364. The van der Waals surface area contributed by atoms with Gasteiger partial charge in [0.25, 0.3) is 0 Å². The molecule has 2 saturated heterocycles. The molecule has 0 saturated carbocycles. The van der Waals surface area contributed by atoms with E-state index in [-0.39, 0.29) is 16.9 Å². The first kappa shape index (κ1) is 19.9. The molecule has 30 heavy (non-hydrogen) atoms. The van der Waals surface area contributed by atoms with Crippen LogP contribution in [0.5, 0.6) is 0 Å². The number of piperidine rings is 1. The average molecular weight is 427 g/mol. The van der Waals surface area contributed by atoms with Gasteiger partial charge in [0.05, 0.1) is 16.7 Å². The van der Waals surface area contributed by atoms with Gasteiger partial charge in [-0.2, -0.15) is 0 Å². The smallest absolute Gasteiger partial charge is 0.225 e. The normalized spacial score (nSPS) is 28.2. The van der Waals surface area contributed by atoms with Crippen molar-refractivity contribution < 1.29 is 8.42 Å². The first-order chi connectivity index (χ1) is 14.4. The van der Waals surface area contributed by atoms with Crippen LogP contribution in [0, 0.1) is 12.8 Å². The summed E-state index contributed by atoms with van der Waals surface area (Å²) in [6.45, 7) is 8.45. The van der Waals surface area contributed by atoms with Gasteiger partial charge in [0, 0.05) is 50.4 Å². The minimum atomic E-state index is -3.19. The topological polar surface area (TPSA) is 66.4 Å². The van der Waals surface area contributed by atoms with Crippen molar-refractivity contribution in [3.8, 4) is 0 Å². The lowest BCUT2D eigenvalue weighted by atomic mass is 9.99. The van der Waals surface area contributed by atoms with Crippen LogP contribution in [0.3, 0.4) is 0 Å². The van der Waals surface area contributed by atoms with Gasteiger partial charge in [0.15, 0.2) is 9.84 Å². The second-order valence-electron chi connectivity index (χ2n) is 9.35. The SMILES string of the molecule is Cc1ccccc1CN1C[C@@H]2c3nc(N4CCCC(C)C4)ncc3CS(=O)(=O)[C@H]2C1. The van der Waals surface area contributed by atoms with Crippen molar-refractivity contribution in [1.82, 2.24) is 14.9 Å². The minimum absolute atomic E-state index is 0.0632. The van der Waals surface area contributed by atoms with E-state index < -0.39 is 9.84 Å². The summed E-state index contributed by atoms with van der Waals surface area (Å²) in [5.41, 5.74) is 4.27. The highest BCUT2D eigenvalue weighted by Gasteiger charge is 2.47. The van der Waals surface area contributed by atoms with Crippen molar-refractivity contribution in [2.24, 2.45) is 5.92 Å². The molecule has 0 aliphatic carbocycles. The van der Waals surface area contributed by atoms with E-state index in [1.165, 1.54) is 17.5 Å². The van der Waals surface area contributed by atoms with E-state index in [0.717, 1.165) is 49.8 Å². The Morgan fingerprint density at radius 1 is 1.17 bits per heavy atom. The molecular weight excluding hydrogens is 396 g/mol. The van der Waals surface area contributed by atoms with E-state index in [2.05, 4.69) is 46.8 Å². The highest BCUT2D eigenvalue weighted by molar-refractivity contribution is 7.91. The zero-order valence-corrected chi connectivity index (χ0v) is 18.6. The highest BCUT2D eigenvalue weighted by Crippen LogP contribution is 2.40. The van der Waals surface area contributed by atoms with Gasteiger partial charge < -0.3 is 4.90 Å². The first-order valence-corrected chi connectivity index (χ1v) is 12.7. The van der Waals surface area contributed by atoms with Crippen LogP contribution in [-0.4, -0.2) is 54.7 Å². The molecule has 5 rings (SSSR count). The molecule has 0 N–H and O–H groups in total. The molecule has 1 unspecified atom stereocenters. The van der Waals surface area contributed by atoms with E-state index in [1.807, 2.05) is 6.07 Å². The molecule has 6 nitrogen and oxygen atoms in total. The molecule has 7 heteroatoms. The van der Waals surface area contributed by atoms with Crippen molar-refractivity contribution >= 4 is 15.8 Å². The van der Waals surface area contributed by atoms with Gasteiger partial charge in [-0.05, 0) is 36.8 Å². The Bertz CT molecular complexity index is 1050. The third-order valence-electron chi connectivity index (χ3n) is 6.99. The predicted octanol–water partition coefficient (Wildman–Crippen LogP) is 2.92. The van der Waals surface area contributed by atoms with E-state index in [9.17, 15) is 8.42 Å². The van der Waals surface area contributed by atoms with Crippen LogP contribution >= 0.6 is 0 Å². The number of benzene rings is 1. The van der Waals surface area contributed by atoms with Crippen molar-refractivity contribution in [2.75, 3.05) is 31.1 Å². The lowest BCUT2D eigenvalue weighted by Gasteiger charge is -2.32. The number of hydrogen-bond acceptors (Lipinski definition) is 6. The number of anilines is 1. The van der Waals surface area contributed by atoms with Gasteiger partial charge in [-0.3, -0.25) is 4.90 Å². The summed E-state index contributed by atoms with van der Waals surface area (Å²) in [7, 11) is -3.19. The molecule has 0 spiro atoms. The number of aryl methyl sites for hydroxylation is 1. The number of rotatable bonds is 3. The van der Waals surface area contributed by atoms with Crippen LogP contribution in [-0.2, 0) is 22.1 Å². The highest BCUT2D eigenvalue weighted by atomic mass is 32.2. The summed E-state index contributed by atoms with van der Waals surface area (Å²) < 4.78 is 26.1. The number of hydrogen-bond donors (Lipinski definition) is 0. The summed E-state index contributed by atoms with van der Waals surface area (Å²) in [6.07, 6.45) is 4.18. The Morgan fingerprint density at radius 3 is 2.80 bits per heavy atom. The number of fused-ring (bicyclic) bond motifs is 3. The largest absolute Gasteiger partial charge is 0.341 e. The number of likely N-dealkylation sites (tertiary alicyclic amines) is 1. The second-order valence-corrected chi connectivity index (χ2v) is 11.6. The fourth-order valence-corrected chi connectivity index (χ4v) is 7.35. The van der Waals surface area contributed by atoms with Gasteiger partial charge in [0.2, 0.25) is 5.95 Å². The van der Waals surface area contributed by atoms with Crippen LogP contribution in [0.25, 0.3) is 0 Å². The molecule has 4 heterocycles. The maximum atomic E-state index is 13.0. The van der Waals surface area contributed by atoms with Crippen LogP contribution < -0.4 is 4.90 Å². The van der Waals surface area contributed by atoms with Crippen LogP contribution in [0.1, 0.15) is 48.1 Å². The molecule has 3 aliphatic heterocycles. The summed E-state index contributed by atoms with van der Waals surface area (Å²) >= 11 is 0. The molecule has 0 bridgehead atoms. The molecule has 0 amide bonds. The molecule has 3 aliphatic rings. The van der Waals surface area contributed by atoms with Crippen molar-refractivity contribution in [3.05, 3.63) is 52.8 Å². The van der Waals surface area contributed by atoms with Gasteiger partial charge in [0.1, 0.15) is 0 Å². The average Bonchev–Trinajstić information content (AvgIpc) is 3.15. The van der Waals surface area contributed by atoms with Crippen LogP contribution in [0.4, 0.5) is 5.95 Å². The van der Waals surface area contributed by atoms with Gasteiger partial charge in [-0.1, -0.05) is 31.2 Å². The lowest BCUT2D eigenvalue weighted by Crippen LogP contribution is -2.38. The van der Waals surface area contributed by atoms with Crippen molar-refractivity contribution in [2.45, 2.75) is 50.2 Å². The van der Waals surface area contributed by atoms with Gasteiger partial charge in [-0.15, -0.1) is 0 Å². The Kier molecular flexibility index (Phi) is 5.06. The fourth-order valence-electron chi connectivity index (χ4n) is 5.33. The third-order valence-corrected chi connectivity index (χ3v) is 9.10. The van der Waals surface area contributed by atoms with Crippen molar-refractivity contribution in [1.29, 1.82) is 0 Å². The molecule has 2 aromatic rings. The zero-order valence-electron chi connectivity index (χ0n) is 17.8. The van der Waals surface area contributed by atoms with E-state index in [4.69, 9.17) is 4.98 Å². The lowest BCUT2D eigenvalue weighted by molar-refractivity contribution is 0.326. The molecule has 2 fully saturated rings. The van der Waals surface area contributed by atoms with Crippen LogP contribution in [0.2, 0.25) is 0 Å². The van der Waals surface area contributed by atoms with Gasteiger partial charge in [-0.25, -0.2) is 18.4 Å². The number of nitrogens with zero attached hydrogens (tertiary/aromatic N) is 4. The monoisotopic (exact) mass is 426 g/mol. The maximum Gasteiger partial charge on any atom is 0.225 e. The molecular formula is C23H30N4O2S. The Labute approximate surface area is 179 Å². The second kappa shape index (κ2) is 7.61. The molecule has 0 radical (unpaired) electrons. The first-order valence-electron chi connectivity index (χ1n) is 11.0. The van der Waals surface area contributed by atoms with Crippen molar-refractivity contribution in [3.63, 3.8) is 0 Å². The molecule has 3 atom stereocenters. The maximum absolute atomic E-state index is 13.0. The minimum Gasteiger partial charge on any atom is -0.341 e.